The van der Waals surface area contributed by atoms with Crippen molar-refractivity contribution >= 4 is 16.8 Å². The first-order chi connectivity index (χ1) is 8.84. The maximum Gasteiger partial charge on any atom is 0.272 e. The van der Waals surface area contributed by atoms with Gasteiger partial charge in [0.2, 0.25) is 0 Å². The first kappa shape index (κ1) is 11.2. The summed E-state index contributed by atoms with van der Waals surface area (Å²) < 4.78 is 0. The summed E-state index contributed by atoms with van der Waals surface area (Å²) in [7, 11) is 0. The minimum atomic E-state index is -0.0978. The topological polar surface area (TPSA) is 69.8 Å². The van der Waals surface area contributed by atoms with Gasteiger partial charge in [0, 0.05) is 11.9 Å². The Labute approximate surface area is 105 Å². The van der Waals surface area contributed by atoms with Crippen molar-refractivity contribution in [2.75, 3.05) is 19.6 Å². The molecule has 18 heavy (non-hydrogen) atoms. The molecule has 1 aromatic carbocycles. The third kappa shape index (κ3) is 2.09. The number of fused-ring (bicyclic) bond motifs is 1. The quantitative estimate of drug-likeness (QED) is 0.751. The summed E-state index contributed by atoms with van der Waals surface area (Å²) >= 11 is 0. The number of H-pyrrole nitrogens is 1. The van der Waals surface area contributed by atoms with Crippen molar-refractivity contribution in [1.82, 2.24) is 20.8 Å². The molecule has 5 heteroatoms. The number of aromatic nitrogens is 2. The van der Waals surface area contributed by atoms with E-state index in [0.717, 1.165) is 30.4 Å². The predicted molar refractivity (Wildman–Crippen MR) is 69.4 cm³/mol. The highest BCUT2D eigenvalue weighted by Gasteiger charge is 2.18. The van der Waals surface area contributed by atoms with E-state index in [1.54, 1.807) is 0 Å². The van der Waals surface area contributed by atoms with E-state index in [1.165, 1.54) is 0 Å². The Morgan fingerprint density at radius 1 is 1.44 bits per heavy atom. The highest BCUT2D eigenvalue weighted by Crippen LogP contribution is 2.15. The molecule has 1 aliphatic heterocycles. The van der Waals surface area contributed by atoms with E-state index in [2.05, 4.69) is 20.8 Å². The van der Waals surface area contributed by atoms with Gasteiger partial charge in [-0.15, -0.1) is 0 Å². The Balaban J connectivity index is 1.71. The van der Waals surface area contributed by atoms with E-state index < -0.39 is 0 Å². The molecule has 0 aliphatic carbocycles. The molecule has 1 unspecified atom stereocenters. The number of nitrogens with one attached hydrogen (secondary N) is 3. The lowest BCUT2D eigenvalue weighted by Crippen LogP contribution is -2.30. The Hall–Kier alpha value is -1.88. The van der Waals surface area contributed by atoms with Crippen LogP contribution >= 0.6 is 0 Å². The van der Waals surface area contributed by atoms with Gasteiger partial charge in [-0.05, 0) is 31.5 Å². The summed E-state index contributed by atoms with van der Waals surface area (Å²) in [6.45, 7) is 2.75. The van der Waals surface area contributed by atoms with Crippen LogP contribution in [-0.2, 0) is 0 Å². The fourth-order valence-corrected chi connectivity index (χ4v) is 2.35. The van der Waals surface area contributed by atoms with E-state index in [-0.39, 0.29) is 5.91 Å². The molecule has 1 fully saturated rings. The monoisotopic (exact) mass is 244 g/mol. The second-order valence-corrected chi connectivity index (χ2v) is 4.69. The minimum Gasteiger partial charge on any atom is -0.350 e. The SMILES string of the molecule is O=C(NCC1CCNC1)c1n[nH]c2ccccc12. The standard InChI is InChI=1S/C13H16N4O/c18-13(15-8-9-5-6-14-7-9)12-10-3-1-2-4-11(10)16-17-12/h1-4,9,14H,5-8H2,(H,15,18)(H,16,17). The zero-order valence-corrected chi connectivity index (χ0v) is 10.1. The van der Waals surface area contributed by atoms with Gasteiger partial charge in [-0.3, -0.25) is 9.89 Å². The fourth-order valence-electron chi connectivity index (χ4n) is 2.35. The molecule has 1 aromatic heterocycles. The molecule has 1 saturated heterocycles. The molecule has 1 aliphatic rings. The fraction of sp³-hybridized carbons (Fsp3) is 0.385. The smallest absolute Gasteiger partial charge is 0.272 e. The molecule has 0 saturated carbocycles. The molecule has 0 bridgehead atoms. The summed E-state index contributed by atoms with van der Waals surface area (Å²) in [4.78, 5) is 12.1. The lowest BCUT2D eigenvalue weighted by atomic mass is 10.1. The first-order valence-corrected chi connectivity index (χ1v) is 6.26. The number of amides is 1. The van der Waals surface area contributed by atoms with Crippen LogP contribution in [0.2, 0.25) is 0 Å². The number of benzene rings is 1. The largest absolute Gasteiger partial charge is 0.350 e. The van der Waals surface area contributed by atoms with Crippen molar-refractivity contribution < 1.29 is 4.79 Å². The molecule has 2 aromatic rings. The van der Waals surface area contributed by atoms with Crippen molar-refractivity contribution in [2.45, 2.75) is 6.42 Å². The maximum atomic E-state index is 12.1. The van der Waals surface area contributed by atoms with E-state index in [1.807, 2.05) is 24.3 Å². The zero-order chi connectivity index (χ0) is 12.4. The van der Waals surface area contributed by atoms with Crippen LogP contribution in [0, 0.1) is 5.92 Å². The van der Waals surface area contributed by atoms with Crippen molar-refractivity contribution in [2.24, 2.45) is 5.92 Å². The van der Waals surface area contributed by atoms with Crippen LogP contribution in [0.25, 0.3) is 10.9 Å². The number of carbonyl (C=O) groups excluding carboxylic acids is 1. The number of nitrogens with zero attached hydrogens (tertiary/aromatic N) is 1. The lowest BCUT2D eigenvalue weighted by molar-refractivity contribution is 0.0945. The van der Waals surface area contributed by atoms with Crippen molar-refractivity contribution in [3.05, 3.63) is 30.0 Å². The number of hydrogen-bond acceptors (Lipinski definition) is 3. The summed E-state index contributed by atoms with van der Waals surface area (Å²) in [5.41, 5.74) is 1.38. The van der Waals surface area contributed by atoms with Gasteiger partial charge in [0.05, 0.1) is 5.52 Å². The van der Waals surface area contributed by atoms with Crippen LogP contribution in [0.3, 0.4) is 0 Å². The molecule has 3 rings (SSSR count). The maximum absolute atomic E-state index is 12.1. The highest BCUT2D eigenvalue weighted by atomic mass is 16.1. The zero-order valence-electron chi connectivity index (χ0n) is 10.1. The first-order valence-electron chi connectivity index (χ1n) is 6.26. The Bertz CT molecular complexity index is 557. The molecule has 1 amide bonds. The number of rotatable bonds is 3. The van der Waals surface area contributed by atoms with Crippen molar-refractivity contribution in [3.8, 4) is 0 Å². The van der Waals surface area contributed by atoms with Crippen LogP contribution in [0.4, 0.5) is 0 Å². The second kappa shape index (κ2) is 4.78. The predicted octanol–water partition coefficient (Wildman–Crippen LogP) is 0.902. The van der Waals surface area contributed by atoms with E-state index in [0.29, 0.717) is 18.2 Å². The third-order valence-electron chi connectivity index (χ3n) is 3.40. The lowest BCUT2D eigenvalue weighted by Gasteiger charge is -2.08. The third-order valence-corrected chi connectivity index (χ3v) is 3.40. The van der Waals surface area contributed by atoms with Gasteiger partial charge in [0.1, 0.15) is 0 Å². The molecule has 94 valence electrons. The van der Waals surface area contributed by atoms with E-state index in [9.17, 15) is 4.79 Å². The summed E-state index contributed by atoms with van der Waals surface area (Å²) in [5.74, 6) is 0.443. The molecule has 0 radical (unpaired) electrons. The Kier molecular flexibility index (Phi) is 2.98. The number of carbonyl (C=O) groups is 1. The molecule has 3 N–H and O–H groups in total. The van der Waals surface area contributed by atoms with Gasteiger partial charge in [0.25, 0.3) is 5.91 Å². The average molecular weight is 244 g/mol. The summed E-state index contributed by atoms with van der Waals surface area (Å²) in [5, 5.41) is 14.1. The molecule has 2 heterocycles. The van der Waals surface area contributed by atoms with Gasteiger partial charge in [-0.1, -0.05) is 18.2 Å². The van der Waals surface area contributed by atoms with Crippen LogP contribution in [0.5, 0.6) is 0 Å². The van der Waals surface area contributed by atoms with Gasteiger partial charge >= 0.3 is 0 Å². The van der Waals surface area contributed by atoms with Crippen LogP contribution in [0.15, 0.2) is 24.3 Å². The number of aromatic amines is 1. The van der Waals surface area contributed by atoms with Crippen LogP contribution in [0.1, 0.15) is 16.9 Å². The Morgan fingerprint density at radius 2 is 2.33 bits per heavy atom. The molecule has 0 spiro atoms. The molecular weight excluding hydrogens is 228 g/mol. The normalized spacial score (nSPS) is 19.2. The van der Waals surface area contributed by atoms with Gasteiger partial charge < -0.3 is 10.6 Å². The van der Waals surface area contributed by atoms with Crippen LogP contribution in [-0.4, -0.2) is 35.7 Å². The van der Waals surface area contributed by atoms with Crippen molar-refractivity contribution in [3.63, 3.8) is 0 Å². The second-order valence-electron chi connectivity index (χ2n) is 4.69. The summed E-state index contributed by atoms with van der Waals surface area (Å²) in [6, 6.07) is 7.66. The molecule has 5 nitrogen and oxygen atoms in total. The average Bonchev–Trinajstić information content (AvgIpc) is 3.05. The minimum absolute atomic E-state index is 0.0978. The van der Waals surface area contributed by atoms with Gasteiger partial charge in [-0.2, -0.15) is 5.10 Å². The van der Waals surface area contributed by atoms with Gasteiger partial charge in [0.15, 0.2) is 5.69 Å². The van der Waals surface area contributed by atoms with Gasteiger partial charge in [-0.25, -0.2) is 0 Å². The van der Waals surface area contributed by atoms with E-state index in [4.69, 9.17) is 0 Å². The van der Waals surface area contributed by atoms with E-state index >= 15 is 0 Å². The van der Waals surface area contributed by atoms with Crippen molar-refractivity contribution in [1.29, 1.82) is 0 Å². The highest BCUT2D eigenvalue weighted by molar-refractivity contribution is 6.04. The van der Waals surface area contributed by atoms with Crippen LogP contribution < -0.4 is 10.6 Å². The molecule has 1 atom stereocenters. The number of hydrogen-bond donors (Lipinski definition) is 3. The number of para-hydroxylation sites is 1. The Morgan fingerprint density at radius 3 is 3.17 bits per heavy atom. The molecular formula is C13H16N4O. The summed E-state index contributed by atoms with van der Waals surface area (Å²) in [6.07, 6.45) is 1.13.